The summed E-state index contributed by atoms with van der Waals surface area (Å²) in [5.41, 5.74) is -1.25. The van der Waals surface area contributed by atoms with Gasteiger partial charge in [0.05, 0.1) is 10.6 Å². The minimum Gasteiger partial charge on any atom is -0.476 e. The first-order valence-corrected chi connectivity index (χ1v) is 12.2. The quantitative estimate of drug-likeness (QED) is 0.498. The lowest BCUT2D eigenvalue weighted by Crippen LogP contribution is -2.55. The third-order valence-electron chi connectivity index (χ3n) is 6.60. The lowest BCUT2D eigenvalue weighted by molar-refractivity contribution is -0.135. The van der Waals surface area contributed by atoms with Crippen molar-refractivity contribution < 1.29 is 31.9 Å². The van der Waals surface area contributed by atoms with Gasteiger partial charge in [0, 0.05) is 30.4 Å². The monoisotopic (exact) mass is 542 g/mol. The zero-order valence-electron chi connectivity index (χ0n) is 20.2. The molecule has 1 unspecified atom stereocenters. The molecule has 0 aliphatic carbocycles. The molecule has 1 aromatic carbocycles. The minimum atomic E-state index is -4.49. The van der Waals surface area contributed by atoms with Crippen molar-refractivity contribution >= 4 is 29.2 Å². The highest BCUT2D eigenvalue weighted by Crippen LogP contribution is 2.39. The average molecular weight is 543 g/mol. The summed E-state index contributed by atoms with van der Waals surface area (Å²) >= 11 is 6.08. The van der Waals surface area contributed by atoms with Crippen LogP contribution in [-0.4, -0.2) is 53.2 Å². The summed E-state index contributed by atoms with van der Waals surface area (Å²) in [5.74, 6) is -1.00. The number of amides is 2. The lowest BCUT2D eigenvalue weighted by atomic mass is 9.96. The maximum absolute atomic E-state index is 13.6. The topological polar surface area (TPSA) is 83.6 Å². The molecule has 2 aromatic rings. The van der Waals surface area contributed by atoms with Crippen LogP contribution in [0.4, 0.5) is 23.4 Å². The van der Waals surface area contributed by atoms with E-state index in [0.717, 1.165) is 18.9 Å². The summed E-state index contributed by atoms with van der Waals surface area (Å²) < 4.78 is 56.4. The molecule has 2 fully saturated rings. The highest BCUT2D eigenvalue weighted by Gasteiger charge is 2.43. The van der Waals surface area contributed by atoms with E-state index in [1.807, 2.05) is 5.32 Å². The first-order chi connectivity index (χ1) is 17.3. The SMILES string of the molecule is CC(C)(Oc1cc(F)ccc1Cl)C(=O)NC1C[C@H]2CC[C@@H](C1)N2c1ccc(C(=O)NCC(F)(F)F)cn1. The highest BCUT2D eigenvalue weighted by molar-refractivity contribution is 6.32. The van der Waals surface area contributed by atoms with E-state index in [4.69, 9.17) is 16.3 Å². The number of fused-ring (bicyclic) bond motifs is 2. The van der Waals surface area contributed by atoms with Gasteiger partial charge in [-0.1, -0.05) is 11.6 Å². The number of carbonyl (C=O) groups is 2. The van der Waals surface area contributed by atoms with Crippen LogP contribution < -0.4 is 20.3 Å². The fraction of sp³-hybridized carbons (Fsp3) is 0.480. The second-order valence-electron chi connectivity index (χ2n) is 9.82. The summed E-state index contributed by atoms with van der Waals surface area (Å²) in [4.78, 5) is 31.5. The molecule has 2 bridgehead atoms. The third-order valence-corrected chi connectivity index (χ3v) is 6.91. The Bertz CT molecular complexity index is 1150. The Morgan fingerprint density at radius 2 is 1.81 bits per heavy atom. The summed E-state index contributed by atoms with van der Waals surface area (Å²) in [5, 5.41) is 5.07. The number of aromatic nitrogens is 1. The molecular weight excluding hydrogens is 516 g/mol. The summed E-state index contributed by atoms with van der Waals surface area (Å²) in [7, 11) is 0. The zero-order valence-corrected chi connectivity index (χ0v) is 21.0. The average Bonchev–Trinajstić information content (AvgIpc) is 3.09. The molecule has 12 heteroatoms. The number of carbonyl (C=O) groups excluding carboxylic acids is 2. The summed E-state index contributed by atoms with van der Waals surface area (Å²) in [6.07, 6.45) is -0.110. The number of benzene rings is 1. The Morgan fingerprint density at radius 3 is 2.41 bits per heavy atom. The molecule has 0 saturated carbocycles. The Morgan fingerprint density at radius 1 is 1.14 bits per heavy atom. The van der Waals surface area contributed by atoms with Gasteiger partial charge in [-0.15, -0.1) is 0 Å². The molecule has 0 spiro atoms. The number of hydrogen-bond donors (Lipinski definition) is 2. The molecular formula is C25H27ClF4N4O3. The van der Waals surface area contributed by atoms with Crippen LogP contribution in [0.15, 0.2) is 36.5 Å². The van der Waals surface area contributed by atoms with E-state index in [1.165, 1.54) is 24.4 Å². The van der Waals surface area contributed by atoms with Gasteiger partial charge in [-0.3, -0.25) is 9.59 Å². The number of alkyl halides is 3. The smallest absolute Gasteiger partial charge is 0.405 e. The summed E-state index contributed by atoms with van der Waals surface area (Å²) in [6.45, 7) is 1.77. The first-order valence-electron chi connectivity index (χ1n) is 11.9. The molecule has 7 nitrogen and oxygen atoms in total. The van der Waals surface area contributed by atoms with E-state index in [2.05, 4.69) is 15.2 Å². The second-order valence-corrected chi connectivity index (χ2v) is 10.2. The number of pyridine rings is 1. The molecule has 2 amide bonds. The Hall–Kier alpha value is -3.08. The number of halogens is 5. The number of hydrogen-bond acceptors (Lipinski definition) is 5. The molecule has 4 rings (SSSR count). The number of nitrogens with zero attached hydrogens (tertiary/aromatic N) is 2. The van der Waals surface area contributed by atoms with Crippen LogP contribution in [0.25, 0.3) is 0 Å². The van der Waals surface area contributed by atoms with Crippen molar-refractivity contribution in [3.8, 4) is 5.75 Å². The Labute approximate surface area is 216 Å². The molecule has 37 heavy (non-hydrogen) atoms. The van der Waals surface area contributed by atoms with E-state index < -0.39 is 30.0 Å². The molecule has 2 N–H and O–H groups in total. The van der Waals surface area contributed by atoms with E-state index in [9.17, 15) is 27.2 Å². The molecule has 0 radical (unpaired) electrons. The fourth-order valence-electron chi connectivity index (χ4n) is 4.86. The van der Waals surface area contributed by atoms with Crippen molar-refractivity contribution in [3.63, 3.8) is 0 Å². The molecule has 2 aliphatic heterocycles. The van der Waals surface area contributed by atoms with Crippen LogP contribution in [0.2, 0.25) is 5.02 Å². The fourth-order valence-corrected chi connectivity index (χ4v) is 5.02. The van der Waals surface area contributed by atoms with Gasteiger partial charge < -0.3 is 20.3 Å². The van der Waals surface area contributed by atoms with Gasteiger partial charge in [0.15, 0.2) is 5.60 Å². The predicted octanol–water partition coefficient (Wildman–Crippen LogP) is 4.64. The van der Waals surface area contributed by atoms with Crippen molar-refractivity contribution in [2.24, 2.45) is 0 Å². The number of nitrogens with one attached hydrogen (secondary N) is 2. The van der Waals surface area contributed by atoms with Crippen LogP contribution in [0.3, 0.4) is 0 Å². The lowest BCUT2D eigenvalue weighted by Gasteiger charge is -2.40. The zero-order chi connectivity index (χ0) is 27.0. The van der Waals surface area contributed by atoms with E-state index in [0.29, 0.717) is 18.7 Å². The van der Waals surface area contributed by atoms with Gasteiger partial charge in [-0.2, -0.15) is 13.2 Å². The predicted molar refractivity (Wildman–Crippen MR) is 129 cm³/mol. The van der Waals surface area contributed by atoms with Crippen molar-refractivity contribution in [3.05, 3.63) is 52.9 Å². The maximum Gasteiger partial charge on any atom is 0.405 e. The van der Waals surface area contributed by atoms with Crippen LogP contribution >= 0.6 is 11.6 Å². The molecule has 3 atom stereocenters. The van der Waals surface area contributed by atoms with Crippen LogP contribution in [-0.2, 0) is 4.79 Å². The normalized spacial score (nSPS) is 21.5. The van der Waals surface area contributed by atoms with E-state index in [1.54, 1.807) is 19.9 Å². The highest BCUT2D eigenvalue weighted by atomic mass is 35.5. The maximum atomic E-state index is 13.6. The Balaban J connectivity index is 1.36. The van der Waals surface area contributed by atoms with Gasteiger partial charge in [0.2, 0.25) is 0 Å². The number of ether oxygens (including phenoxy) is 1. The molecule has 3 heterocycles. The number of rotatable bonds is 7. The van der Waals surface area contributed by atoms with Crippen molar-refractivity contribution in [2.75, 3.05) is 11.4 Å². The van der Waals surface area contributed by atoms with Crippen molar-refractivity contribution in [2.45, 2.75) is 69.4 Å². The Kier molecular flexibility index (Phi) is 7.55. The standard InChI is InChI=1S/C25H27ClF4N4O3/c1-24(2,37-20-9-15(27)4-7-19(20)26)23(36)33-16-10-17-5-6-18(11-16)34(17)21-8-3-14(12-31-21)22(35)32-13-25(28,29)30/h3-4,7-9,12,16-18H,5-6,10-11,13H2,1-2H3,(H,32,35)(H,33,36)/t16?,17-,18+. The molecule has 2 saturated heterocycles. The summed E-state index contributed by atoms with van der Waals surface area (Å²) in [6, 6.07) is 6.88. The number of anilines is 1. The van der Waals surface area contributed by atoms with E-state index in [-0.39, 0.29) is 40.4 Å². The second kappa shape index (κ2) is 10.4. The van der Waals surface area contributed by atoms with Crippen molar-refractivity contribution in [1.82, 2.24) is 15.6 Å². The van der Waals surface area contributed by atoms with Crippen LogP contribution in [0, 0.1) is 5.82 Å². The molecule has 2 aliphatic rings. The number of piperidine rings is 1. The third kappa shape index (κ3) is 6.44. The van der Waals surface area contributed by atoms with Crippen molar-refractivity contribution in [1.29, 1.82) is 0 Å². The van der Waals surface area contributed by atoms with Gasteiger partial charge in [-0.25, -0.2) is 9.37 Å². The first kappa shape index (κ1) is 27.0. The molecule has 200 valence electrons. The molecule has 1 aromatic heterocycles. The van der Waals surface area contributed by atoms with Gasteiger partial charge in [0.25, 0.3) is 11.8 Å². The minimum absolute atomic E-state index is 0.0446. The van der Waals surface area contributed by atoms with Gasteiger partial charge in [-0.05, 0) is 63.8 Å². The van der Waals surface area contributed by atoms with Gasteiger partial charge in [0.1, 0.15) is 23.9 Å². The largest absolute Gasteiger partial charge is 0.476 e. The van der Waals surface area contributed by atoms with Gasteiger partial charge >= 0.3 is 6.18 Å². The van der Waals surface area contributed by atoms with Crippen LogP contribution in [0.1, 0.15) is 49.9 Å². The van der Waals surface area contributed by atoms with E-state index >= 15 is 0 Å². The van der Waals surface area contributed by atoms with Crippen LogP contribution in [0.5, 0.6) is 5.75 Å².